The summed E-state index contributed by atoms with van der Waals surface area (Å²) in [4.78, 5) is 40.2. The number of benzene rings is 1. The number of nitrogens with one attached hydrogen (secondary N) is 2. The van der Waals surface area contributed by atoms with Crippen LogP contribution in [0, 0.1) is 0 Å². The van der Waals surface area contributed by atoms with Crippen LogP contribution >= 0.6 is 0 Å². The Morgan fingerprint density at radius 1 is 1.07 bits per heavy atom. The topological polar surface area (TPSA) is 124 Å². The molecule has 0 saturated carbocycles. The Labute approximate surface area is 166 Å². The first kappa shape index (κ1) is 19.9. The van der Waals surface area contributed by atoms with Crippen LogP contribution in [0.1, 0.15) is 36.8 Å². The Balaban J connectivity index is 1.63. The van der Waals surface area contributed by atoms with Crippen LogP contribution < -0.4 is 16.2 Å². The molecule has 0 aliphatic rings. The highest BCUT2D eigenvalue weighted by Gasteiger charge is 2.15. The fraction of sp³-hybridized carbons (Fsp3) is 0.263. The molecule has 3 rings (SSSR count). The Bertz CT molecular complexity index is 1040. The maximum absolute atomic E-state index is 12.4. The van der Waals surface area contributed by atoms with Gasteiger partial charge in [0.15, 0.2) is 0 Å². The molecule has 0 bridgehead atoms. The van der Waals surface area contributed by atoms with Gasteiger partial charge in [-0.15, -0.1) is 0 Å². The van der Waals surface area contributed by atoms with Crippen molar-refractivity contribution in [1.29, 1.82) is 0 Å². The summed E-state index contributed by atoms with van der Waals surface area (Å²) in [6.45, 7) is 4.08. The van der Waals surface area contributed by atoms with Crippen LogP contribution in [0.3, 0.4) is 0 Å². The zero-order chi connectivity index (χ0) is 20.8. The minimum absolute atomic E-state index is 0.150. The average molecular weight is 395 g/mol. The zero-order valence-electron chi connectivity index (χ0n) is 16.1. The van der Waals surface area contributed by atoms with Gasteiger partial charge in [-0.2, -0.15) is 10.2 Å². The molecule has 10 heteroatoms. The van der Waals surface area contributed by atoms with Gasteiger partial charge in [-0.25, -0.2) is 14.3 Å². The van der Waals surface area contributed by atoms with Gasteiger partial charge in [-0.3, -0.25) is 14.4 Å². The molecule has 3 aromatic rings. The van der Waals surface area contributed by atoms with E-state index in [1.54, 1.807) is 31.2 Å². The lowest BCUT2D eigenvalue weighted by atomic mass is 10.2. The predicted molar refractivity (Wildman–Crippen MR) is 107 cm³/mol. The number of anilines is 2. The first-order chi connectivity index (χ1) is 14.0. The minimum atomic E-state index is -0.512. The van der Waals surface area contributed by atoms with Crippen LogP contribution in [0.15, 0.2) is 53.8 Å². The number of aromatic nitrogens is 5. The lowest BCUT2D eigenvalue weighted by molar-refractivity contribution is -0.119. The third kappa shape index (κ3) is 4.92. The molecule has 1 aromatic carbocycles. The lowest BCUT2D eigenvalue weighted by Crippen LogP contribution is -2.26. The van der Waals surface area contributed by atoms with Crippen molar-refractivity contribution in [2.45, 2.75) is 32.9 Å². The summed E-state index contributed by atoms with van der Waals surface area (Å²) in [7, 11) is 0. The van der Waals surface area contributed by atoms with Gasteiger partial charge in [-0.05, 0) is 43.7 Å². The molecule has 2 amide bonds. The van der Waals surface area contributed by atoms with E-state index in [-0.39, 0.29) is 17.2 Å². The van der Waals surface area contributed by atoms with Crippen LogP contribution in [-0.4, -0.2) is 36.4 Å². The number of nitrogens with zero attached hydrogens (tertiary/aromatic N) is 5. The summed E-state index contributed by atoms with van der Waals surface area (Å²) in [6.07, 6.45) is 3.58. The van der Waals surface area contributed by atoms with Crippen LogP contribution in [-0.2, 0) is 11.3 Å². The number of carbonyl (C=O) groups is 2. The second-order valence-electron chi connectivity index (χ2n) is 6.35. The van der Waals surface area contributed by atoms with Crippen molar-refractivity contribution in [1.82, 2.24) is 24.5 Å². The first-order valence-corrected chi connectivity index (χ1v) is 9.12. The third-order valence-corrected chi connectivity index (χ3v) is 4.16. The largest absolute Gasteiger partial charge is 0.324 e. The predicted octanol–water partition coefficient (Wildman–Crippen LogP) is 1.70. The van der Waals surface area contributed by atoms with Crippen molar-refractivity contribution < 1.29 is 9.59 Å². The van der Waals surface area contributed by atoms with E-state index in [2.05, 4.69) is 25.8 Å². The van der Waals surface area contributed by atoms with Gasteiger partial charge in [0.2, 0.25) is 5.91 Å². The summed E-state index contributed by atoms with van der Waals surface area (Å²) in [5.74, 6) is -0.666. The first-order valence-electron chi connectivity index (χ1n) is 9.12. The van der Waals surface area contributed by atoms with E-state index in [4.69, 9.17) is 0 Å². The summed E-state index contributed by atoms with van der Waals surface area (Å²) in [5, 5.41) is 13.5. The fourth-order valence-electron chi connectivity index (χ4n) is 2.56. The Kier molecular flexibility index (Phi) is 6.12. The highest BCUT2D eigenvalue weighted by Crippen LogP contribution is 2.16. The van der Waals surface area contributed by atoms with Crippen LogP contribution in [0.2, 0.25) is 0 Å². The molecule has 10 nitrogen and oxygen atoms in total. The molecule has 0 spiro atoms. The number of aryl methyl sites for hydroxylation is 1. The molecule has 2 aromatic heterocycles. The van der Waals surface area contributed by atoms with E-state index < -0.39 is 11.9 Å². The quantitative estimate of drug-likeness (QED) is 0.627. The van der Waals surface area contributed by atoms with Gasteiger partial charge in [-0.1, -0.05) is 6.92 Å². The van der Waals surface area contributed by atoms with Crippen LogP contribution in [0.25, 0.3) is 0 Å². The monoisotopic (exact) mass is 395 g/mol. The summed E-state index contributed by atoms with van der Waals surface area (Å²) >= 11 is 0. The van der Waals surface area contributed by atoms with Gasteiger partial charge in [0.1, 0.15) is 24.4 Å². The normalized spacial score (nSPS) is 11.7. The van der Waals surface area contributed by atoms with E-state index in [9.17, 15) is 14.4 Å². The molecule has 0 aliphatic heterocycles. The second-order valence-corrected chi connectivity index (χ2v) is 6.35. The van der Waals surface area contributed by atoms with Gasteiger partial charge < -0.3 is 10.6 Å². The van der Waals surface area contributed by atoms with E-state index >= 15 is 0 Å². The maximum atomic E-state index is 12.4. The van der Waals surface area contributed by atoms with Crippen molar-refractivity contribution >= 4 is 23.2 Å². The summed E-state index contributed by atoms with van der Waals surface area (Å²) < 4.78 is 2.72. The lowest BCUT2D eigenvalue weighted by Gasteiger charge is -2.12. The maximum Gasteiger partial charge on any atom is 0.276 e. The third-order valence-electron chi connectivity index (χ3n) is 4.16. The summed E-state index contributed by atoms with van der Waals surface area (Å²) in [6, 6.07) is 8.88. The molecule has 0 saturated heterocycles. The number of hydrogen-bond donors (Lipinski definition) is 2. The van der Waals surface area contributed by atoms with E-state index in [1.165, 1.54) is 34.2 Å². The van der Waals surface area contributed by atoms with Gasteiger partial charge in [0.25, 0.3) is 11.5 Å². The number of hydrogen-bond acceptors (Lipinski definition) is 6. The molecule has 0 aliphatic carbocycles. The SMILES string of the molecule is CCCn1nc(C(=O)Nc2ccc(NC(=O)C(C)n3cncn3)cc2)ccc1=O. The Morgan fingerprint density at radius 2 is 1.76 bits per heavy atom. The standard InChI is InChI=1S/C19H21N7O3/c1-3-10-25-17(27)9-8-16(24-25)19(29)23-15-6-4-14(5-7-15)22-18(28)13(2)26-12-20-11-21-26/h4-9,11-13H,3,10H2,1-2H3,(H,22,28)(H,23,29). The molecular formula is C19H21N7O3. The molecule has 1 unspecified atom stereocenters. The number of rotatable bonds is 7. The molecule has 0 radical (unpaired) electrons. The molecule has 29 heavy (non-hydrogen) atoms. The van der Waals surface area contributed by atoms with Crippen molar-refractivity contribution in [2.24, 2.45) is 0 Å². The van der Waals surface area contributed by atoms with Crippen molar-refractivity contribution in [2.75, 3.05) is 10.6 Å². The van der Waals surface area contributed by atoms with Crippen molar-refractivity contribution in [3.63, 3.8) is 0 Å². The minimum Gasteiger partial charge on any atom is -0.324 e. The van der Waals surface area contributed by atoms with Crippen molar-refractivity contribution in [3.05, 3.63) is 65.1 Å². The van der Waals surface area contributed by atoms with Crippen LogP contribution in [0.4, 0.5) is 11.4 Å². The molecular weight excluding hydrogens is 374 g/mol. The Hall–Kier alpha value is -3.82. The molecule has 2 heterocycles. The number of amides is 2. The molecule has 1 atom stereocenters. The summed E-state index contributed by atoms with van der Waals surface area (Å²) in [5.41, 5.74) is 1.02. The van der Waals surface area contributed by atoms with Gasteiger partial charge >= 0.3 is 0 Å². The van der Waals surface area contributed by atoms with E-state index in [1.807, 2.05) is 6.92 Å². The van der Waals surface area contributed by atoms with E-state index in [0.717, 1.165) is 6.42 Å². The number of carbonyl (C=O) groups excluding carboxylic acids is 2. The zero-order valence-corrected chi connectivity index (χ0v) is 16.1. The Morgan fingerprint density at radius 3 is 2.38 bits per heavy atom. The molecule has 2 N–H and O–H groups in total. The van der Waals surface area contributed by atoms with Gasteiger partial charge in [0, 0.05) is 24.0 Å². The van der Waals surface area contributed by atoms with Gasteiger partial charge in [0.05, 0.1) is 0 Å². The fourth-order valence-corrected chi connectivity index (χ4v) is 2.56. The van der Waals surface area contributed by atoms with Crippen LogP contribution in [0.5, 0.6) is 0 Å². The molecule has 150 valence electrons. The second kappa shape index (κ2) is 8.91. The molecule has 0 fully saturated rings. The van der Waals surface area contributed by atoms with Crippen molar-refractivity contribution in [3.8, 4) is 0 Å². The highest BCUT2D eigenvalue weighted by atomic mass is 16.2. The smallest absolute Gasteiger partial charge is 0.276 e. The average Bonchev–Trinajstić information content (AvgIpc) is 3.25. The highest BCUT2D eigenvalue weighted by molar-refractivity contribution is 6.03. The van der Waals surface area contributed by atoms with E-state index in [0.29, 0.717) is 17.9 Å².